The predicted octanol–water partition coefficient (Wildman–Crippen LogP) is 9.88. The molecule has 1 amide bonds. The summed E-state index contributed by atoms with van der Waals surface area (Å²) in [7, 11) is 0. The van der Waals surface area contributed by atoms with Crippen molar-refractivity contribution in [2.24, 2.45) is 63.5 Å². The number of carbonyl (C=O) groups excluding carboxylic acids is 1. The van der Waals surface area contributed by atoms with E-state index in [1.165, 1.54) is 51.4 Å². The number of carbonyl (C=O) groups is 1. The van der Waals surface area contributed by atoms with Crippen molar-refractivity contribution in [2.75, 3.05) is 64.4 Å². The van der Waals surface area contributed by atoms with Gasteiger partial charge in [-0.15, -0.1) is 0 Å². The molecule has 65 heavy (non-hydrogen) atoms. The molecule has 0 saturated heterocycles. The van der Waals surface area contributed by atoms with Gasteiger partial charge in [0.25, 0.3) is 0 Å². The zero-order chi connectivity index (χ0) is 46.1. The molecule has 0 radical (unpaired) electrons. The molecule has 4 saturated carbocycles. The fraction of sp³-hybridized carbons (Fsp3) is 0.868. The minimum absolute atomic E-state index is 0.0671. The Morgan fingerprint density at radius 2 is 1.54 bits per heavy atom. The van der Waals surface area contributed by atoms with Crippen molar-refractivity contribution in [3.63, 3.8) is 0 Å². The SMILES string of the molecule is CCCCCCCCN(CCC[C@@H](C)[C@H]1CC[C@H]2C3[C@H](OCCCN)CC4C[C@H](OCCCN)CCC4(C)[C@H]3C[C@H](OCCCN)[C@]12C)C(=O)CCCCCNc1cccc2nonc12. The monoisotopic (exact) mass is 908 g/mol. The number of ether oxygens (including phenoxy) is 3. The van der Waals surface area contributed by atoms with E-state index in [1.807, 2.05) is 18.2 Å². The van der Waals surface area contributed by atoms with Crippen molar-refractivity contribution in [3.8, 4) is 0 Å². The van der Waals surface area contributed by atoms with Crippen molar-refractivity contribution in [1.82, 2.24) is 15.2 Å². The van der Waals surface area contributed by atoms with Gasteiger partial charge in [0.1, 0.15) is 5.52 Å². The number of nitrogens with two attached hydrogens (primary N) is 3. The first-order valence-corrected chi connectivity index (χ1v) is 26.9. The van der Waals surface area contributed by atoms with Crippen molar-refractivity contribution >= 4 is 22.6 Å². The number of hydrogen-bond acceptors (Lipinski definition) is 11. The number of unbranched alkanes of at least 4 members (excludes halogenated alkanes) is 7. The number of rotatable bonds is 31. The number of benzene rings is 1. The number of hydrogen-bond donors (Lipinski definition) is 4. The van der Waals surface area contributed by atoms with Crippen LogP contribution < -0.4 is 22.5 Å². The van der Waals surface area contributed by atoms with Gasteiger partial charge >= 0.3 is 0 Å². The van der Waals surface area contributed by atoms with E-state index in [-0.39, 0.29) is 23.0 Å². The minimum Gasteiger partial charge on any atom is -0.383 e. The second-order valence-electron chi connectivity index (χ2n) is 21.4. The Balaban J connectivity index is 1.09. The normalized spacial score (nSPS) is 30.2. The van der Waals surface area contributed by atoms with Gasteiger partial charge in [-0.05, 0) is 179 Å². The van der Waals surface area contributed by atoms with E-state index in [9.17, 15) is 4.79 Å². The molecule has 7 N–H and O–H groups in total. The van der Waals surface area contributed by atoms with Crippen LogP contribution in [0.5, 0.6) is 0 Å². The van der Waals surface area contributed by atoms with Crippen LogP contribution in [0.4, 0.5) is 5.69 Å². The van der Waals surface area contributed by atoms with Crippen LogP contribution in [-0.2, 0) is 19.0 Å². The number of nitrogens with zero attached hydrogens (tertiary/aromatic N) is 3. The zero-order valence-electron chi connectivity index (χ0n) is 41.5. The molecule has 0 bridgehead atoms. The fourth-order valence-electron chi connectivity index (χ4n) is 13.8. The number of anilines is 1. The lowest BCUT2D eigenvalue weighted by molar-refractivity contribution is -0.227. The third-order valence-electron chi connectivity index (χ3n) is 17.4. The summed E-state index contributed by atoms with van der Waals surface area (Å²) in [5.74, 6) is 3.68. The van der Waals surface area contributed by atoms with Crippen LogP contribution >= 0.6 is 0 Å². The van der Waals surface area contributed by atoms with Crippen LogP contribution in [0.15, 0.2) is 22.8 Å². The summed E-state index contributed by atoms with van der Waals surface area (Å²) < 4.78 is 25.5. The lowest BCUT2D eigenvalue weighted by Gasteiger charge is -2.65. The average molecular weight is 908 g/mol. The van der Waals surface area contributed by atoms with Gasteiger partial charge < -0.3 is 41.6 Å². The van der Waals surface area contributed by atoms with Crippen LogP contribution in [0.25, 0.3) is 11.0 Å². The molecule has 11 atom stereocenters. The van der Waals surface area contributed by atoms with Gasteiger partial charge in [0.05, 0.1) is 24.0 Å². The highest BCUT2D eigenvalue weighted by Crippen LogP contribution is 2.69. The fourth-order valence-corrected chi connectivity index (χ4v) is 13.8. The second-order valence-corrected chi connectivity index (χ2v) is 21.4. The molecule has 1 aromatic heterocycles. The van der Waals surface area contributed by atoms with Crippen molar-refractivity contribution in [3.05, 3.63) is 18.2 Å². The number of amides is 1. The molecular weight excluding hydrogens is 815 g/mol. The van der Waals surface area contributed by atoms with Crippen molar-refractivity contribution < 1.29 is 23.6 Å². The summed E-state index contributed by atoms with van der Waals surface area (Å²) in [5.41, 5.74) is 20.7. The molecule has 0 spiro atoms. The Morgan fingerprint density at radius 3 is 2.32 bits per heavy atom. The molecule has 3 unspecified atom stereocenters. The summed E-state index contributed by atoms with van der Waals surface area (Å²) >= 11 is 0. The van der Waals surface area contributed by atoms with Gasteiger partial charge in [0.15, 0.2) is 5.52 Å². The summed E-state index contributed by atoms with van der Waals surface area (Å²) in [6.07, 6.45) is 24.9. The Labute approximate surface area is 393 Å². The number of nitrogens with one attached hydrogen (secondary N) is 1. The maximum absolute atomic E-state index is 13.9. The van der Waals surface area contributed by atoms with Crippen molar-refractivity contribution in [1.29, 1.82) is 0 Å². The van der Waals surface area contributed by atoms with E-state index < -0.39 is 0 Å². The molecule has 1 aromatic carbocycles. The highest BCUT2D eigenvalue weighted by atomic mass is 16.6. The van der Waals surface area contributed by atoms with Gasteiger partial charge in [0, 0.05) is 51.3 Å². The predicted molar refractivity (Wildman–Crippen MR) is 263 cm³/mol. The molecule has 2 aromatic rings. The summed E-state index contributed by atoms with van der Waals surface area (Å²) in [6, 6.07) is 5.88. The topological polar surface area (TPSA) is 177 Å². The lowest BCUT2D eigenvalue weighted by atomic mass is 9.43. The Kier molecular flexibility index (Phi) is 21.1. The van der Waals surface area contributed by atoms with E-state index in [0.29, 0.717) is 73.6 Å². The quantitative estimate of drug-likeness (QED) is 0.0530. The molecule has 4 fully saturated rings. The zero-order valence-corrected chi connectivity index (χ0v) is 41.5. The standard InChI is InChI=1S/C53H93N7O5/c1-5-6-7-8-9-13-31-60(49(61)22-11-10-12-30-57-45-20-14-21-46-51(45)59-65-58-46)32-15-19-39(2)42-23-24-43-50-44(38-48(53(42,43)4)64-35-18-29-56)52(3)26-25-41(62-33-16-27-54)36-40(52)37-47(50)63-34-17-28-55/h14,20-21,39-44,47-48,50,57H,5-13,15-19,22-38,54-56H2,1-4H3/t39-,40?,41-,42-,43+,44+,47-,48+,50?,52?,53-/m1/s1. The van der Waals surface area contributed by atoms with Crippen LogP contribution in [-0.4, -0.2) is 98.5 Å². The van der Waals surface area contributed by atoms with Crippen molar-refractivity contribution in [2.45, 2.75) is 187 Å². The first-order valence-electron chi connectivity index (χ1n) is 26.9. The summed E-state index contributed by atoms with van der Waals surface area (Å²) in [5, 5.41) is 11.5. The van der Waals surface area contributed by atoms with E-state index in [2.05, 4.69) is 48.2 Å². The molecule has 6 rings (SSSR count). The molecule has 4 aliphatic carbocycles. The molecule has 12 heteroatoms. The Hall–Kier alpha value is -2.35. The third-order valence-corrected chi connectivity index (χ3v) is 17.4. The summed E-state index contributed by atoms with van der Waals surface area (Å²) in [6.45, 7) is 16.9. The molecule has 1 heterocycles. The van der Waals surface area contributed by atoms with Crippen LogP contribution in [0, 0.1) is 46.3 Å². The van der Waals surface area contributed by atoms with E-state index in [4.69, 9.17) is 36.0 Å². The largest absolute Gasteiger partial charge is 0.383 e. The lowest BCUT2D eigenvalue weighted by Crippen LogP contribution is -2.63. The number of aromatic nitrogens is 2. The minimum atomic E-state index is 0.0671. The average Bonchev–Trinajstić information content (AvgIpc) is 3.94. The third kappa shape index (κ3) is 13.3. The van der Waals surface area contributed by atoms with Gasteiger partial charge in [-0.3, -0.25) is 4.79 Å². The van der Waals surface area contributed by atoms with Crippen LogP contribution in [0.1, 0.15) is 169 Å². The van der Waals surface area contributed by atoms with Gasteiger partial charge in [-0.25, -0.2) is 4.63 Å². The molecule has 0 aliphatic heterocycles. The van der Waals surface area contributed by atoms with Crippen LogP contribution in [0.2, 0.25) is 0 Å². The second kappa shape index (κ2) is 26.4. The van der Waals surface area contributed by atoms with Gasteiger partial charge in [-0.1, -0.05) is 72.3 Å². The highest BCUT2D eigenvalue weighted by molar-refractivity contribution is 5.86. The van der Waals surface area contributed by atoms with Gasteiger partial charge in [0.2, 0.25) is 5.91 Å². The molecule has 4 aliphatic rings. The van der Waals surface area contributed by atoms with Gasteiger partial charge in [-0.2, -0.15) is 0 Å². The molecule has 370 valence electrons. The highest BCUT2D eigenvalue weighted by Gasteiger charge is 2.66. The molecule has 12 nitrogen and oxygen atoms in total. The number of fused-ring (bicyclic) bond motifs is 6. The molecular formula is C53H93N7O5. The first-order chi connectivity index (χ1) is 31.7. The summed E-state index contributed by atoms with van der Waals surface area (Å²) in [4.78, 5) is 16.1. The first kappa shape index (κ1) is 52.0. The Morgan fingerprint density at radius 1 is 0.815 bits per heavy atom. The Bertz CT molecular complexity index is 1660. The van der Waals surface area contributed by atoms with E-state index in [0.717, 1.165) is 140 Å². The van der Waals surface area contributed by atoms with E-state index >= 15 is 0 Å². The maximum atomic E-state index is 13.9. The van der Waals surface area contributed by atoms with E-state index in [1.54, 1.807) is 0 Å². The van der Waals surface area contributed by atoms with Crippen LogP contribution in [0.3, 0.4) is 0 Å². The smallest absolute Gasteiger partial charge is 0.222 e. The maximum Gasteiger partial charge on any atom is 0.222 e.